The number of hydrogen-bond donors (Lipinski definition) is 1. The summed E-state index contributed by atoms with van der Waals surface area (Å²) in [5.74, 6) is 0.829. The number of nitrogens with zero attached hydrogens (tertiary/aromatic N) is 1. The van der Waals surface area contributed by atoms with Gasteiger partial charge >= 0.3 is 0 Å². The fourth-order valence-corrected chi connectivity index (χ4v) is 1.23. The summed E-state index contributed by atoms with van der Waals surface area (Å²) in [6, 6.07) is 2.44. The van der Waals surface area contributed by atoms with Gasteiger partial charge in [0.25, 0.3) is 0 Å². The lowest BCUT2D eigenvalue weighted by Crippen LogP contribution is -2.24. The zero-order valence-corrected chi connectivity index (χ0v) is 9.75. The molecule has 0 fully saturated rings. The summed E-state index contributed by atoms with van der Waals surface area (Å²) in [6.45, 7) is 8.45. The van der Waals surface area contributed by atoms with Gasteiger partial charge in [-0.2, -0.15) is 0 Å². The molecule has 1 heterocycles. The van der Waals surface area contributed by atoms with Crippen LogP contribution in [0.2, 0.25) is 0 Å². The predicted molar refractivity (Wildman–Crippen MR) is 58.7 cm³/mol. The van der Waals surface area contributed by atoms with Gasteiger partial charge in [-0.15, -0.1) is 0 Å². The zero-order valence-electron chi connectivity index (χ0n) is 9.75. The van der Waals surface area contributed by atoms with Crippen LogP contribution in [0.15, 0.2) is 10.6 Å². The smallest absolute Gasteiger partial charge is 0.134 e. The summed E-state index contributed by atoms with van der Waals surface area (Å²) in [5, 5.41) is 7.18. The number of aromatic nitrogens is 1. The van der Waals surface area contributed by atoms with Crippen LogP contribution in [-0.4, -0.2) is 24.4 Å². The Morgan fingerprint density at radius 3 is 2.93 bits per heavy atom. The van der Waals surface area contributed by atoms with Crippen LogP contribution in [-0.2, 0) is 11.3 Å². The average molecular weight is 212 g/mol. The van der Waals surface area contributed by atoms with Gasteiger partial charge in [-0.25, -0.2) is 0 Å². The number of nitrogens with one attached hydrogen (secondary N) is 1. The molecule has 1 aromatic heterocycles. The Labute approximate surface area is 91.0 Å². The first-order valence-corrected chi connectivity index (χ1v) is 5.42. The number of aryl methyl sites for hydroxylation is 1. The third-order valence-electron chi connectivity index (χ3n) is 1.94. The lowest BCUT2D eigenvalue weighted by molar-refractivity contribution is 0.113. The van der Waals surface area contributed by atoms with Crippen LogP contribution >= 0.6 is 0 Å². The van der Waals surface area contributed by atoms with Crippen LogP contribution < -0.4 is 5.32 Å². The van der Waals surface area contributed by atoms with Crippen molar-refractivity contribution in [3.63, 3.8) is 0 Å². The molecule has 0 aliphatic rings. The van der Waals surface area contributed by atoms with Gasteiger partial charge in [0, 0.05) is 18.7 Å². The van der Waals surface area contributed by atoms with Crippen LogP contribution in [0.4, 0.5) is 0 Å². The summed E-state index contributed by atoms with van der Waals surface area (Å²) in [4.78, 5) is 0. The molecule has 1 aromatic rings. The van der Waals surface area contributed by atoms with Crippen molar-refractivity contribution in [1.82, 2.24) is 10.5 Å². The molecule has 4 heteroatoms. The van der Waals surface area contributed by atoms with E-state index in [-0.39, 0.29) is 0 Å². The van der Waals surface area contributed by atoms with E-state index in [4.69, 9.17) is 9.26 Å². The first-order valence-electron chi connectivity index (χ1n) is 5.42. The molecule has 0 unspecified atom stereocenters. The third-order valence-corrected chi connectivity index (χ3v) is 1.94. The Hall–Kier alpha value is -0.870. The Bertz CT molecular complexity index is 271. The van der Waals surface area contributed by atoms with Gasteiger partial charge in [-0.3, -0.25) is 0 Å². The van der Waals surface area contributed by atoms with Gasteiger partial charge < -0.3 is 14.6 Å². The fourth-order valence-electron chi connectivity index (χ4n) is 1.23. The Balaban J connectivity index is 1.98. The molecule has 0 saturated carbocycles. The van der Waals surface area contributed by atoms with Gasteiger partial charge in [0.15, 0.2) is 0 Å². The molecule has 0 bridgehead atoms. The first kappa shape index (κ1) is 12.2. The number of ether oxygens (including phenoxy) is 1. The van der Waals surface area contributed by atoms with Gasteiger partial charge in [0.05, 0.1) is 6.61 Å². The monoisotopic (exact) mass is 212 g/mol. The van der Waals surface area contributed by atoms with E-state index in [9.17, 15) is 0 Å². The number of rotatable bonds is 7. The van der Waals surface area contributed by atoms with Crippen molar-refractivity contribution in [1.29, 1.82) is 0 Å². The van der Waals surface area contributed by atoms with E-state index < -0.39 is 0 Å². The van der Waals surface area contributed by atoms with E-state index in [1.807, 2.05) is 13.0 Å². The average Bonchev–Trinajstić information content (AvgIpc) is 2.57. The maximum absolute atomic E-state index is 5.45. The zero-order chi connectivity index (χ0) is 11.1. The summed E-state index contributed by atoms with van der Waals surface area (Å²) < 4.78 is 10.4. The quantitative estimate of drug-likeness (QED) is 0.701. The van der Waals surface area contributed by atoms with Crippen LogP contribution in [0.1, 0.15) is 31.7 Å². The van der Waals surface area contributed by atoms with Crippen molar-refractivity contribution in [2.45, 2.75) is 39.8 Å². The molecule has 0 saturated heterocycles. The minimum atomic E-state index is 0.541. The largest absolute Gasteiger partial charge is 0.375 e. The van der Waals surface area contributed by atoms with Gasteiger partial charge in [0.1, 0.15) is 11.5 Å². The van der Waals surface area contributed by atoms with E-state index >= 15 is 0 Å². The second kappa shape index (κ2) is 6.58. The van der Waals surface area contributed by atoms with Gasteiger partial charge in [-0.05, 0) is 19.9 Å². The molecule has 0 radical (unpaired) electrons. The summed E-state index contributed by atoms with van der Waals surface area (Å²) in [5.41, 5.74) is 0.865. The Kier molecular flexibility index (Phi) is 5.36. The second-order valence-corrected chi connectivity index (χ2v) is 3.94. The SMILES string of the molecule is Cc1cc(COCCCNC(C)C)no1. The van der Waals surface area contributed by atoms with E-state index in [0.29, 0.717) is 12.6 Å². The molecule has 86 valence electrons. The topological polar surface area (TPSA) is 47.3 Å². The molecule has 0 spiro atoms. The highest BCUT2D eigenvalue weighted by Crippen LogP contribution is 2.02. The van der Waals surface area contributed by atoms with Crippen molar-refractivity contribution in [2.75, 3.05) is 13.2 Å². The fraction of sp³-hybridized carbons (Fsp3) is 0.727. The maximum atomic E-state index is 5.45. The van der Waals surface area contributed by atoms with E-state index in [0.717, 1.165) is 31.0 Å². The minimum Gasteiger partial charge on any atom is -0.375 e. The van der Waals surface area contributed by atoms with Crippen LogP contribution in [0, 0.1) is 6.92 Å². The normalized spacial score (nSPS) is 11.2. The highest BCUT2D eigenvalue weighted by atomic mass is 16.5. The van der Waals surface area contributed by atoms with Crippen molar-refractivity contribution in [3.8, 4) is 0 Å². The Morgan fingerprint density at radius 2 is 2.33 bits per heavy atom. The van der Waals surface area contributed by atoms with E-state index in [1.165, 1.54) is 0 Å². The molecule has 0 aliphatic heterocycles. The molecule has 4 nitrogen and oxygen atoms in total. The predicted octanol–water partition coefficient (Wildman–Crippen LogP) is 1.89. The lowest BCUT2D eigenvalue weighted by Gasteiger charge is -2.07. The molecular weight excluding hydrogens is 192 g/mol. The van der Waals surface area contributed by atoms with Crippen molar-refractivity contribution in [3.05, 3.63) is 17.5 Å². The minimum absolute atomic E-state index is 0.541. The lowest BCUT2D eigenvalue weighted by atomic mass is 10.3. The van der Waals surface area contributed by atoms with Crippen LogP contribution in [0.25, 0.3) is 0 Å². The Morgan fingerprint density at radius 1 is 1.53 bits per heavy atom. The molecule has 1 N–H and O–H groups in total. The van der Waals surface area contributed by atoms with E-state index in [1.54, 1.807) is 0 Å². The second-order valence-electron chi connectivity index (χ2n) is 3.94. The first-order chi connectivity index (χ1) is 7.18. The molecule has 0 amide bonds. The molecule has 0 aliphatic carbocycles. The molecule has 15 heavy (non-hydrogen) atoms. The van der Waals surface area contributed by atoms with Crippen molar-refractivity contribution in [2.24, 2.45) is 0 Å². The van der Waals surface area contributed by atoms with Gasteiger partial charge in [0.2, 0.25) is 0 Å². The molecular formula is C11H20N2O2. The maximum Gasteiger partial charge on any atom is 0.134 e. The highest BCUT2D eigenvalue weighted by Gasteiger charge is 1.99. The molecule has 0 atom stereocenters. The number of hydrogen-bond acceptors (Lipinski definition) is 4. The van der Waals surface area contributed by atoms with Crippen molar-refractivity contribution >= 4 is 0 Å². The molecule has 0 aromatic carbocycles. The summed E-state index contributed by atoms with van der Waals surface area (Å²) in [7, 11) is 0. The highest BCUT2D eigenvalue weighted by molar-refractivity contribution is 5.01. The van der Waals surface area contributed by atoms with Crippen LogP contribution in [0.3, 0.4) is 0 Å². The summed E-state index contributed by atoms with van der Waals surface area (Å²) in [6.07, 6.45) is 1.02. The third kappa shape index (κ3) is 5.54. The molecule has 1 rings (SSSR count). The summed E-state index contributed by atoms with van der Waals surface area (Å²) >= 11 is 0. The van der Waals surface area contributed by atoms with Gasteiger partial charge in [-0.1, -0.05) is 19.0 Å². The standard InChI is InChI=1S/C11H20N2O2/c1-9(2)12-5-4-6-14-8-11-7-10(3)15-13-11/h7,9,12H,4-6,8H2,1-3H3. The van der Waals surface area contributed by atoms with Crippen LogP contribution in [0.5, 0.6) is 0 Å². The van der Waals surface area contributed by atoms with Crippen molar-refractivity contribution < 1.29 is 9.26 Å². The van der Waals surface area contributed by atoms with E-state index in [2.05, 4.69) is 24.3 Å².